The number of esters is 1. The number of rotatable bonds is 8. The van der Waals surface area contributed by atoms with Gasteiger partial charge < -0.3 is 9.30 Å². The average molecular weight is 423 g/mol. The molecule has 2 aromatic rings. The van der Waals surface area contributed by atoms with Crippen molar-refractivity contribution in [1.82, 2.24) is 9.04 Å². The molecule has 0 fully saturated rings. The zero-order valence-corrected chi connectivity index (χ0v) is 18.2. The van der Waals surface area contributed by atoms with E-state index in [1.807, 2.05) is 32.3 Å². The standard InChI is InChI=1S/C20H26N2O6S/c1-13(2)22-14(3)11-18(15(22)4)19(23)12-28-20(24)16-7-9-17(10-8-16)29(25,26)21(5)27-6/h7-11,13H,12H2,1-6H3. The third-order valence-corrected chi connectivity index (χ3v) is 6.31. The first-order valence-electron chi connectivity index (χ1n) is 9.02. The van der Waals surface area contributed by atoms with Crippen LogP contribution in [0.1, 0.15) is 52.0 Å². The first kappa shape index (κ1) is 22.8. The number of hydrogen-bond acceptors (Lipinski definition) is 6. The minimum Gasteiger partial charge on any atom is -0.454 e. The monoisotopic (exact) mass is 422 g/mol. The summed E-state index contributed by atoms with van der Waals surface area (Å²) in [5.41, 5.74) is 2.46. The average Bonchev–Trinajstić information content (AvgIpc) is 2.99. The first-order chi connectivity index (χ1) is 13.5. The van der Waals surface area contributed by atoms with Gasteiger partial charge >= 0.3 is 5.97 Å². The highest BCUT2D eigenvalue weighted by atomic mass is 32.2. The van der Waals surface area contributed by atoms with E-state index in [1.54, 1.807) is 6.07 Å². The Morgan fingerprint density at radius 3 is 2.21 bits per heavy atom. The summed E-state index contributed by atoms with van der Waals surface area (Å²) in [6.45, 7) is 7.45. The van der Waals surface area contributed by atoms with E-state index in [2.05, 4.69) is 0 Å². The summed E-state index contributed by atoms with van der Waals surface area (Å²) >= 11 is 0. The molecule has 29 heavy (non-hydrogen) atoms. The van der Waals surface area contributed by atoms with Gasteiger partial charge in [-0.15, -0.1) is 0 Å². The normalized spacial score (nSPS) is 11.9. The fourth-order valence-corrected chi connectivity index (χ4v) is 4.13. The molecule has 0 aliphatic carbocycles. The van der Waals surface area contributed by atoms with Crippen LogP contribution in [0.3, 0.4) is 0 Å². The molecule has 0 amide bonds. The number of hydroxylamine groups is 1. The van der Waals surface area contributed by atoms with Gasteiger partial charge in [0, 0.05) is 30.0 Å². The molecule has 0 bridgehead atoms. The van der Waals surface area contributed by atoms with Gasteiger partial charge in [0.2, 0.25) is 5.78 Å². The number of nitrogens with zero attached hydrogens (tertiary/aromatic N) is 2. The lowest BCUT2D eigenvalue weighted by molar-refractivity contribution is -0.0258. The molecule has 0 aliphatic heterocycles. The van der Waals surface area contributed by atoms with Crippen molar-refractivity contribution >= 4 is 21.8 Å². The highest BCUT2D eigenvalue weighted by molar-refractivity contribution is 7.89. The fraction of sp³-hybridized carbons (Fsp3) is 0.400. The molecule has 8 nitrogen and oxygen atoms in total. The van der Waals surface area contributed by atoms with Gasteiger partial charge in [-0.1, -0.05) is 4.47 Å². The number of benzene rings is 1. The van der Waals surface area contributed by atoms with Gasteiger partial charge in [-0.05, 0) is 58.0 Å². The molecule has 2 rings (SSSR count). The largest absolute Gasteiger partial charge is 0.454 e. The van der Waals surface area contributed by atoms with E-state index in [0.717, 1.165) is 11.4 Å². The summed E-state index contributed by atoms with van der Waals surface area (Å²) in [5, 5.41) is 0. The zero-order valence-electron chi connectivity index (χ0n) is 17.4. The maximum absolute atomic E-state index is 12.5. The predicted octanol–water partition coefficient (Wildman–Crippen LogP) is 2.91. The molecule has 0 spiro atoms. The van der Waals surface area contributed by atoms with Crippen LogP contribution in [-0.2, 0) is 19.6 Å². The van der Waals surface area contributed by atoms with E-state index < -0.39 is 22.6 Å². The van der Waals surface area contributed by atoms with Crippen molar-refractivity contribution in [1.29, 1.82) is 0 Å². The minimum atomic E-state index is -3.80. The Morgan fingerprint density at radius 1 is 1.14 bits per heavy atom. The SMILES string of the molecule is CON(C)S(=O)(=O)c1ccc(C(=O)OCC(=O)c2cc(C)n(C(C)C)c2C)cc1. The maximum Gasteiger partial charge on any atom is 0.338 e. The van der Waals surface area contributed by atoms with E-state index >= 15 is 0 Å². The molecule has 0 radical (unpaired) electrons. The molecule has 1 heterocycles. The molecule has 0 N–H and O–H groups in total. The summed E-state index contributed by atoms with van der Waals surface area (Å²) in [4.78, 5) is 29.4. The second-order valence-electron chi connectivity index (χ2n) is 6.87. The number of hydrogen-bond donors (Lipinski definition) is 0. The Kier molecular flexibility index (Phi) is 6.99. The van der Waals surface area contributed by atoms with Crippen molar-refractivity contribution in [3.8, 4) is 0 Å². The quantitative estimate of drug-likeness (QED) is 0.369. The van der Waals surface area contributed by atoms with Crippen molar-refractivity contribution in [3.63, 3.8) is 0 Å². The third kappa shape index (κ3) is 4.75. The number of ketones is 1. The number of sulfonamides is 1. The van der Waals surface area contributed by atoms with Crippen LogP contribution >= 0.6 is 0 Å². The van der Waals surface area contributed by atoms with E-state index in [4.69, 9.17) is 9.57 Å². The van der Waals surface area contributed by atoms with Crippen molar-refractivity contribution < 1.29 is 27.6 Å². The zero-order chi connectivity index (χ0) is 21.9. The Bertz CT molecular complexity index is 1010. The highest BCUT2D eigenvalue weighted by Gasteiger charge is 2.22. The number of aryl methyl sites for hydroxylation is 1. The lowest BCUT2D eigenvalue weighted by Gasteiger charge is -2.14. The molecule has 0 aliphatic rings. The first-order valence-corrected chi connectivity index (χ1v) is 10.5. The lowest BCUT2D eigenvalue weighted by atomic mass is 10.1. The molecule has 0 atom stereocenters. The Morgan fingerprint density at radius 2 is 1.72 bits per heavy atom. The molecule has 1 aromatic carbocycles. The van der Waals surface area contributed by atoms with E-state index in [1.165, 1.54) is 38.4 Å². The van der Waals surface area contributed by atoms with Gasteiger partial charge in [-0.25, -0.2) is 13.2 Å². The number of ether oxygens (including phenoxy) is 1. The number of aromatic nitrogens is 1. The molecule has 0 saturated heterocycles. The molecule has 0 unspecified atom stereocenters. The van der Waals surface area contributed by atoms with Crippen LogP contribution in [0.25, 0.3) is 0 Å². The summed E-state index contributed by atoms with van der Waals surface area (Å²) < 4.78 is 32.2. The molecular formula is C20H26N2O6S. The van der Waals surface area contributed by atoms with Crippen LogP contribution in [0.5, 0.6) is 0 Å². The maximum atomic E-state index is 12.5. The second-order valence-corrected chi connectivity index (χ2v) is 8.81. The smallest absolute Gasteiger partial charge is 0.338 e. The van der Waals surface area contributed by atoms with Crippen LogP contribution in [0.15, 0.2) is 35.2 Å². The predicted molar refractivity (Wildman–Crippen MR) is 107 cm³/mol. The van der Waals surface area contributed by atoms with Crippen LogP contribution in [0, 0.1) is 13.8 Å². The molecule has 158 valence electrons. The Balaban J connectivity index is 2.08. The lowest BCUT2D eigenvalue weighted by Crippen LogP contribution is -2.25. The van der Waals surface area contributed by atoms with Crippen LogP contribution < -0.4 is 0 Å². The highest BCUT2D eigenvalue weighted by Crippen LogP contribution is 2.21. The second kappa shape index (κ2) is 8.89. The molecule has 1 aromatic heterocycles. The Hall–Kier alpha value is -2.49. The van der Waals surface area contributed by atoms with E-state index in [0.29, 0.717) is 10.0 Å². The Labute approximate surface area is 171 Å². The van der Waals surface area contributed by atoms with Crippen LogP contribution in [-0.4, -0.2) is 50.0 Å². The fourth-order valence-electron chi connectivity index (χ4n) is 3.16. The summed E-state index contributed by atoms with van der Waals surface area (Å²) in [6.07, 6.45) is 0. The molecular weight excluding hydrogens is 396 g/mol. The third-order valence-electron chi connectivity index (χ3n) is 4.62. The minimum absolute atomic E-state index is 0.0319. The van der Waals surface area contributed by atoms with Crippen molar-refractivity contribution in [2.75, 3.05) is 20.8 Å². The van der Waals surface area contributed by atoms with Crippen molar-refractivity contribution in [3.05, 3.63) is 52.8 Å². The van der Waals surface area contributed by atoms with Crippen LogP contribution in [0.2, 0.25) is 0 Å². The summed E-state index contributed by atoms with van der Waals surface area (Å²) in [5.74, 6) is -1.00. The van der Waals surface area contributed by atoms with E-state index in [9.17, 15) is 18.0 Å². The number of Topliss-reactive ketones (excluding diaryl/α,β-unsaturated/α-hetero) is 1. The number of carbonyl (C=O) groups excluding carboxylic acids is 2. The summed E-state index contributed by atoms with van der Waals surface area (Å²) in [7, 11) is -1.31. The molecule has 9 heteroatoms. The molecule has 0 saturated carbocycles. The van der Waals surface area contributed by atoms with E-state index in [-0.39, 0.29) is 22.3 Å². The van der Waals surface area contributed by atoms with Gasteiger partial charge in [0.15, 0.2) is 6.61 Å². The van der Waals surface area contributed by atoms with Crippen molar-refractivity contribution in [2.45, 2.75) is 38.6 Å². The van der Waals surface area contributed by atoms with Gasteiger partial charge in [-0.2, -0.15) is 0 Å². The van der Waals surface area contributed by atoms with Gasteiger partial charge in [0.25, 0.3) is 10.0 Å². The van der Waals surface area contributed by atoms with Gasteiger partial charge in [0.1, 0.15) is 0 Å². The summed E-state index contributed by atoms with van der Waals surface area (Å²) in [6, 6.07) is 7.21. The number of carbonyl (C=O) groups is 2. The van der Waals surface area contributed by atoms with Gasteiger partial charge in [-0.3, -0.25) is 9.63 Å². The topological polar surface area (TPSA) is 94.9 Å². The van der Waals surface area contributed by atoms with Gasteiger partial charge in [0.05, 0.1) is 17.6 Å². The van der Waals surface area contributed by atoms with Crippen LogP contribution in [0.4, 0.5) is 0 Å². The van der Waals surface area contributed by atoms with Crippen molar-refractivity contribution in [2.24, 2.45) is 0 Å².